The summed E-state index contributed by atoms with van der Waals surface area (Å²) < 4.78 is 5.19. The Morgan fingerprint density at radius 3 is 2.56 bits per heavy atom. The number of rotatable bonds is 8. The quantitative estimate of drug-likeness (QED) is 0.728. The zero-order valence-corrected chi connectivity index (χ0v) is 16.0. The topological polar surface area (TPSA) is 84.7 Å². The third kappa shape index (κ3) is 6.08. The summed E-state index contributed by atoms with van der Waals surface area (Å²) >= 11 is 1.80. The van der Waals surface area contributed by atoms with Gasteiger partial charge in [-0.05, 0) is 67.6 Å². The van der Waals surface area contributed by atoms with Crippen molar-refractivity contribution in [2.75, 3.05) is 26.2 Å². The van der Waals surface area contributed by atoms with E-state index in [4.69, 9.17) is 10.5 Å². The molecular formula is C20H25N3O3S. The first-order valence-electron chi connectivity index (χ1n) is 9.14. The van der Waals surface area contributed by atoms with Crippen LogP contribution in [0.5, 0.6) is 5.75 Å². The van der Waals surface area contributed by atoms with Gasteiger partial charge in [-0.25, -0.2) is 0 Å². The molecule has 7 heteroatoms. The molecule has 0 spiro atoms. The number of likely N-dealkylation sites (tertiary alicyclic amines) is 1. The number of amides is 2. The van der Waals surface area contributed by atoms with E-state index in [1.54, 1.807) is 35.6 Å². The Morgan fingerprint density at radius 2 is 1.93 bits per heavy atom. The van der Waals surface area contributed by atoms with Crippen LogP contribution in [0.4, 0.5) is 0 Å². The molecule has 27 heavy (non-hydrogen) atoms. The van der Waals surface area contributed by atoms with Gasteiger partial charge in [0.2, 0.25) is 0 Å². The number of benzene rings is 1. The summed E-state index contributed by atoms with van der Waals surface area (Å²) in [5, 5.41) is 5.15. The SMILES string of the molecule is NC(=O)COc1ccc(C(=O)NCC2CCN(Cc3cccs3)CC2)cc1. The number of nitrogens with one attached hydrogen (secondary N) is 1. The van der Waals surface area contributed by atoms with Crippen molar-refractivity contribution in [1.29, 1.82) is 0 Å². The van der Waals surface area contributed by atoms with Crippen molar-refractivity contribution in [2.24, 2.45) is 11.7 Å². The Bertz CT molecular complexity index is 738. The molecule has 0 saturated carbocycles. The van der Waals surface area contributed by atoms with Crippen LogP contribution < -0.4 is 15.8 Å². The number of hydrogen-bond acceptors (Lipinski definition) is 5. The Labute approximate surface area is 163 Å². The Kier molecular flexibility index (Phi) is 6.84. The second-order valence-electron chi connectivity index (χ2n) is 6.79. The fourth-order valence-corrected chi connectivity index (χ4v) is 3.91. The highest BCUT2D eigenvalue weighted by molar-refractivity contribution is 7.09. The first-order chi connectivity index (χ1) is 13.1. The van der Waals surface area contributed by atoms with Crippen LogP contribution in [0.1, 0.15) is 28.1 Å². The van der Waals surface area contributed by atoms with Crippen LogP contribution >= 0.6 is 11.3 Å². The number of thiophene rings is 1. The second-order valence-corrected chi connectivity index (χ2v) is 7.82. The summed E-state index contributed by atoms with van der Waals surface area (Å²) in [6.45, 7) is 3.71. The van der Waals surface area contributed by atoms with Crippen molar-refractivity contribution in [2.45, 2.75) is 19.4 Å². The van der Waals surface area contributed by atoms with Crippen molar-refractivity contribution < 1.29 is 14.3 Å². The molecule has 3 rings (SSSR count). The maximum absolute atomic E-state index is 12.3. The summed E-state index contributed by atoms with van der Waals surface area (Å²) in [5.74, 6) is 0.422. The summed E-state index contributed by atoms with van der Waals surface area (Å²) in [6.07, 6.45) is 2.21. The molecule has 2 amide bonds. The van der Waals surface area contributed by atoms with Gasteiger partial charge in [-0.1, -0.05) is 6.07 Å². The Morgan fingerprint density at radius 1 is 1.19 bits per heavy atom. The number of ether oxygens (including phenoxy) is 1. The number of hydrogen-bond donors (Lipinski definition) is 2. The fourth-order valence-electron chi connectivity index (χ4n) is 3.17. The Balaban J connectivity index is 1.38. The summed E-state index contributed by atoms with van der Waals surface area (Å²) in [4.78, 5) is 26.9. The highest BCUT2D eigenvalue weighted by Crippen LogP contribution is 2.20. The van der Waals surface area contributed by atoms with E-state index in [0.717, 1.165) is 32.5 Å². The number of carbonyl (C=O) groups is 2. The first-order valence-corrected chi connectivity index (χ1v) is 10.0. The van der Waals surface area contributed by atoms with Gasteiger partial charge in [0.05, 0.1) is 0 Å². The first kappa shape index (κ1) is 19.4. The lowest BCUT2D eigenvalue weighted by atomic mass is 9.96. The van der Waals surface area contributed by atoms with Crippen LogP contribution in [0.2, 0.25) is 0 Å². The van der Waals surface area contributed by atoms with Crippen molar-refractivity contribution in [3.63, 3.8) is 0 Å². The maximum Gasteiger partial charge on any atom is 0.255 e. The molecule has 0 unspecified atom stereocenters. The van der Waals surface area contributed by atoms with E-state index in [1.807, 2.05) is 0 Å². The molecule has 0 aliphatic carbocycles. The summed E-state index contributed by atoms with van der Waals surface area (Å²) in [7, 11) is 0. The minimum absolute atomic E-state index is 0.0857. The number of nitrogens with zero attached hydrogens (tertiary/aromatic N) is 1. The predicted octanol–water partition coefficient (Wildman–Crippen LogP) is 2.25. The third-order valence-electron chi connectivity index (χ3n) is 4.72. The molecule has 1 aliphatic heterocycles. The van der Waals surface area contributed by atoms with Gasteiger partial charge >= 0.3 is 0 Å². The maximum atomic E-state index is 12.3. The van der Waals surface area contributed by atoms with Gasteiger partial charge in [0, 0.05) is 23.5 Å². The van der Waals surface area contributed by atoms with Crippen LogP contribution in [0.15, 0.2) is 41.8 Å². The molecule has 1 aromatic carbocycles. The average molecular weight is 388 g/mol. The lowest BCUT2D eigenvalue weighted by molar-refractivity contribution is -0.119. The smallest absolute Gasteiger partial charge is 0.255 e. The van der Waals surface area contributed by atoms with Crippen molar-refractivity contribution in [3.8, 4) is 5.75 Å². The highest BCUT2D eigenvalue weighted by atomic mass is 32.1. The van der Waals surface area contributed by atoms with Gasteiger partial charge in [-0.15, -0.1) is 11.3 Å². The molecule has 144 valence electrons. The van der Waals surface area contributed by atoms with Crippen molar-refractivity contribution in [3.05, 3.63) is 52.2 Å². The fraction of sp³-hybridized carbons (Fsp3) is 0.400. The lowest BCUT2D eigenvalue weighted by Gasteiger charge is -2.31. The van der Waals surface area contributed by atoms with Crippen molar-refractivity contribution >= 4 is 23.2 Å². The van der Waals surface area contributed by atoms with E-state index in [0.29, 0.717) is 23.8 Å². The number of piperidine rings is 1. The number of carbonyl (C=O) groups excluding carboxylic acids is 2. The second kappa shape index (κ2) is 9.53. The molecule has 1 aliphatic rings. The van der Waals surface area contributed by atoms with E-state index in [1.165, 1.54) is 4.88 Å². The van der Waals surface area contributed by atoms with E-state index >= 15 is 0 Å². The molecule has 6 nitrogen and oxygen atoms in total. The van der Waals surface area contributed by atoms with Crippen molar-refractivity contribution in [1.82, 2.24) is 10.2 Å². The van der Waals surface area contributed by atoms with Crippen LogP contribution in [0.3, 0.4) is 0 Å². The molecule has 1 aromatic heterocycles. The lowest BCUT2D eigenvalue weighted by Crippen LogP contribution is -2.38. The van der Waals surface area contributed by atoms with Gasteiger partial charge in [0.15, 0.2) is 6.61 Å². The Hall–Kier alpha value is -2.38. The van der Waals surface area contributed by atoms with Crippen LogP contribution in [0.25, 0.3) is 0 Å². The summed E-state index contributed by atoms with van der Waals surface area (Å²) in [5.41, 5.74) is 5.62. The molecule has 2 aromatic rings. The van der Waals surface area contributed by atoms with Gasteiger partial charge < -0.3 is 15.8 Å². The van der Waals surface area contributed by atoms with E-state index in [9.17, 15) is 9.59 Å². The van der Waals surface area contributed by atoms with E-state index < -0.39 is 5.91 Å². The van der Waals surface area contributed by atoms with Gasteiger partial charge in [-0.2, -0.15) is 0 Å². The zero-order valence-electron chi connectivity index (χ0n) is 15.2. The largest absolute Gasteiger partial charge is 0.484 e. The van der Waals surface area contributed by atoms with Gasteiger partial charge in [-0.3, -0.25) is 14.5 Å². The number of nitrogens with two attached hydrogens (primary N) is 1. The molecule has 1 fully saturated rings. The zero-order chi connectivity index (χ0) is 19.1. The highest BCUT2D eigenvalue weighted by Gasteiger charge is 2.20. The normalized spacial score (nSPS) is 15.4. The monoisotopic (exact) mass is 387 g/mol. The number of primary amides is 1. The minimum Gasteiger partial charge on any atom is -0.484 e. The average Bonchev–Trinajstić information content (AvgIpc) is 3.19. The van der Waals surface area contributed by atoms with Crippen LogP contribution in [-0.4, -0.2) is 43.0 Å². The molecule has 1 saturated heterocycles. The predicted molar refractivity (Wildman–Crippen MR) is 106 cm³/mol. The molecule has 0 radical (unpaired) electrons. The third-order valence-corrected chi connectivity index (χ3v) is 5.58. The van der Waals surface area contributed by atoms with Gasteiger partial charge in [0.25, 0.3) is 11.8 Å². The van der Waals surface area contributed by atoms with E-state index in [2.05, 4.69) is 27.7 Å². The van der Waals surface area contributed by atoms with Crippen LogP contribution in [0, 0.1) is 5.92 Å². The minimum atomic E-state index is -0.529. The van der Waals surface area contributed by atoms with Crippen LogP contribution in [-0.2, 0) is 11.3 Å². The molecule has 2 heterocycles. The standard InChI is InChI=1S/C20H25N3O3S/c21-19(24)14-26-17-5-3-16(4-6-17)20(25)22-12-15-7-9-23(10-8-15)13-18-2-1-11-27-18/h1-6,11,15H,7-10,12-14H2,(H2,21,24)(H,22,25). The van der Waals surface area contributed by atoms with E-state index in [-0.39, 0.29) is 12.5 Å². The molecule has 3 N–H and O–H groups in total. The van der Waals surface area contributed by atoms with Gasteiger partial charge in [0.1, 0.15) is 5.75 Å². The summed E-state index contributed by atoms with van der Waals surface area (Å²) in [6, 6.07) is 11.0. The molecular weight excluding hydrogens is 362 g/mol. The molecule has 0 atom stereocenters. The molecule has 0 bridgehead atoms.